The van der Waals surface area contributed by atoms with Gasteiger partial charge < -0.3 is 20.5 Å². The van der Waals surface area contributed by atoms with Crippen molar-refractivity contribution in [1.29, 1.82) is 0 Å². The highest BCUT2D eigenvalue weighted by atomic mass is 16.5. The quantitative estimate of drug-likeness (QED) is 0.525. The maximum atomic E-state index is 11.9. The number of aromatic nitrogens is 2. The minimum absolute atomic E-state index is 0.00357. The maximum Gasteiger partial charge on any atom is 0.331 e. The van der Waals surface area contributed by atoms with Gasteiger partial charge in [0, 0.05) is 37.5 Å². The number of carbonyl (C=O) groups is 2. The van der Waals surface area contributed by atoms with Crippen molar-refractivity contribution in [2.75, 3.05) is 0 Å². The molecule has 1 heterocycles. The lowest BCUT2D eigenvalue weighted by molar-refractivity contribution is -0.133. The summed E-state index contributed by atoms with van der Waals surface area (Å²) in [6.45, 7) is 6.07. The third-order valence-corrected chi connectivity index (χ3v) is 5.77. The molecule has 0 aliphatic heterocycles. The molecule has 3 atom stereocenters. The minimum atomic E-state index is -0.959. The molecule has 0 unspecified atom stereocenters. The van der Waals surface area contributed by atoms with E-state index in [9.17, 15) is 14.7 Å². The summed E-state index contributed by atoms with van der Waals surface area (Å²) in [6, 6.07) is 9.21. The van der Waals surface area contributed by atoms with Gasteiger partial charge in [-0.3, -0.25) is 4.79 Å². The fraction of sp³-hybridized carbons (Fsp3) is 0.458. The van der Waals surface area contributed by atoms with E-state index in [0.29, 0.717) is 18.5 Å². The number of hydrogen-bond acceptors (Lipinski definition) is 5. The number of hydrogen-bond donors (Lipinski definition) is 3. The largest absolute Gasteiger partial charge is 0.478 e. The van der Waals surface area contributed by atoms with Crippen LogP contribution >= 0.6 is 0 Å². The summed E-state index contributed by atoms with van der Waals surface area (Å²) in [5.41, 5.74) is 2.31. The van der Waals surface area contributed by atoms with E-state index in [1.807, 2.05) is 50.4 Å². The normalized spacial score (nSPS) is 20.8. The van der Waals surface area contributed by atoms with Gasteiger partial charge in [0.25, 0.3) is 0 Å². The van der Waals surface area contributed by atoms with Crippen LogP contribution in [0.3, 0.4) is 0 Å². The Bertz CT molecular complexity index is 920. The predicted octanol–water partition coefficient (Wildman–Crippen LogP) is 2.82. The molecule has 8 heteroatoms. The topological polar surface area (TPSA) is 105 Å². The first-order valence-electron chi connectivity index (χ1n) is 11.1. The van der Waals surface area contributed by atoms with Crippen LogP contribution in [0, 0.1) is 0 Å². The van der Waals surface area contributed by atoms with Crippen LogP contribution < -0.4 is 10.6 Å². The second kappa shape index (κ2) is 11.1. The van der Waals surface area contributed by atoms with Crippen molar-refractivity contribution in [2.45, 2.75) is 70.9 Å². The number of amides is 1. The van der Waals surface area contributed by atoms with Crippen molar-refractivity contribution >= 4 is 11.9 Å². The Kier molecular flexibility index (Phi) is 8.19. The molecule has 0 saturated carbocycles. The van der Waals surface area contributed by atoms with Crippen LogP contribution in [0.4, 0.5) is 0 Å². The highest BCUT2D eigenvalue weighted by Crippen LogP contribution is 2.25. The van der Waals surface area contributed by atoms with Crippen LogP contribution in [0.15, 0.2) is 54.4 Å². The Balaban J connectivity index is 1.76. The molecule has 1 aromatic heterocycles. The number of ether oxygens (including phenoxy) is 1. The minimum Gasteiger partial charge on any atom is -0.478 e. The summed E-state index contributed by atoms with van der Waals surface area (Å²) >= 11 is 0. The smallest absolute Gasteiger partial charge is 0.331 e. The molecule has 0 saturated heterocycles. The van der Waals surface area contributed by atoms with E-state index in [1.54, 1.807) is 17.0 Å². The first kappa shape index (κ1) is 23.7. The van der Waals surface area contributed by atoms with Gasteiger partial charge in [0.2, 0.25) is 5.91 Å². The highest BCUT2D eigenvalue weighted by Gasteiger charge is 2.37. The number of carboxylic acid groups (broad SMARTS) is 1. The van der Waals surface area contributed by atoms with Crippen LogP contribution in [-0.2, 0) is 20.9 Å². The Morgan fingerprint density at radius 1 is 1.25 bits per heavy atom. The molecule has 0 bridgehead atoms. The van der Waals surface area contributed by atoms with Gasteiger partial charge in [0.05, 0.1) is 23.9 Å². The standard InChI is InChI=1S/C24H32N4O4/c1-4-20(5-2)32-22-14-18(24(30)31)13-21(23(22)27-16(3)29)25-15-17-7-9-19(10-8-17)28-12-6-11-26-28/h6-12,14,20-23,25H,4-5,13,15H2,1-3H3,(H,27,29)(H,30,31)/t21-,22+,23+/m0/s1. The van der Waals surface area contributed by atoms with E-state index in [0.717, 1.165) is 24.1 Å². The molecule has 32 heavy (non-hydrogen) atoms. The second-order valence-electron chi connectivity index (χ2n) is 8.07. The van der Waals surface area contributed by atoms with Crippen molar-refractivity contribution in [3.8, 4) is 5.69 Å². The van der Waals surface area contributed by atoms with Gasteiger partial charge in [0.15, 0.2) is 0 Å². The van der Waals surface area contributed by atoms with E-state index in [1.165, 1.54) is 6.92 Å². The SMILES string of the molecule is CCC(CC)O[C@@H]1C=C(C(=O)O)C[C@H](NCc2ccc(-n3cccn3)cc2)[C@H]1NC(C)=O. The lowest BCUT2D eigenvalue weighted by Crippen LogP contribution is -2.58. The van der Waals surface area contributed by atoms with Crippen LogP contribution in [0.1, 0.15) is 45.6 Å². The van der Waals surface area contributed by atoms with E-state index < -0.39 is 12.1 Å². The first-order valence-corrected chi connectivity index (χ1v) is 11.1. The lowest BCUT2D eigenvalue weighted by Gasteiger charge is -2.38. The summed E-state index contributed by atoms with van der Waals surface area (Å²) < 4.78 is 8.01. The average Bonchev–Trinajstić information content (AvgIpc) is 3.32. The van der Waals surface area contributed by atoms with Crippen molar-refractivity contribution in [1.82, 2.24) is 20.4 Å². The van der Waals surface area contributed by atoms with Crippen LogP contribution in [0.2, 0.25) is 0 Å². The molecule has 2 aromatic rings. The molecule has 1 aromatic carbocycles. The molecule has 3 rings (SSSR count). The Morgan fingerprint density at radius 3 is 2.53 bits per heavy atom. The Hall–Kier alpha value is -2.97. The summed E-state index contributed by atoms with van der Waals surface area (Å²) in [5, 5.41) is 20.3. The molecule has 3 N–H and O–H groups in total. The number of aliphatic carboxylic acids is 1. The van der Waals surface area contributed by atoms with Crippen molar-refractivity contribution in [3.63, 3.8) is 0 Å². The zero-order chi connectivity index (χ0) is 23.1. The fourth-order valence-electron chi connectivity index (χ4n) is 4.00. The lowest BCUT2D eigenvalue weighted by atomic mass is 9.87. The van der Waals surface area contributed by atoms with Gasteiger partial charge in [-0.15, -0.1) is 0 Å². The van der Waals surface area contributed by atoms with Crippen molar-refractivity contribution < 1.29 is 19.4 Å². The molecular weight excluding hydrogens is 408 g/mol. The molecule has 0 fully saturated rings. The molecule has 1 amide bonds. The molecule has 1 aliphatic carbocycles. The average molecular weight is 441 g/mol. The van der Waals surface area contributed by atoms with Gasteiger partial charge >= 0.3 is 5.97 Å². The monoisotopic (exact) mass is 440 g/mol. The van der Waals surface area contributed by atoms with Gasteiger partial charge in [-0.05, 0) is 49.1 Å². The summed E-state index contributed by atoms with van der Waals surface area (Å²) in [6.07, 6.45) is 6.68. The number of nitrogens with one attached hydrogen (secondary N) is 2. The zero-order valence-corrected chi connectivity index (χ0v) is 18.8. The van der Waals surface area contributed by atoms with E-state index >= 15 is 0 Å². The number of carbonyl (C=O) groups excluding carboxylic acids is 1. The Morgan fingerprint density at radius 2 is 1.97 bits per heavy atom. The Labute approximate surface area is 188 Å². The van der Waals surface area contributed by atoms with Crippen molar-refractivity contribution in [3.05, 3.63) is 59.9 Å². The van der Waals surface area contributed by atoms with Gasteiger partial charge in [-0.1, -0.05) is 26.0 Å². The predicted molar refractivity (Wildman–Crippen MR) is 121 cm³/mol. The fourth-order valence-corrected chi connectivity index (χ4v) is 4.00. The molecular formula is C24H32N4O4. The first-order chi connectivity index (χ1) is 15.4. The number of benzene rings is 1. The third-order valence-electron chi connectivity index (χ3n) is 5.77. The molecule has 8 nitrogen and oxygen atoms in total. The van der Waals surface area contributed by atoms with E-state index in [2.05, 4.69) is 15.7 Å². The zero-order valence-electron chi connectivity index (χ0n) is 18.8. The number of nitrogens with zero attached hydrogens (tertiary/aromatic N) is 2. The van der Waals surface area contributed by atoms with Crippen LogP contribution in [0.5, 0.6) is 0 Å². The summed E-state index contributed by atoms with van der Waals surface area (Å²) in [4.78, 5) is 23.7. The molecule has 0 radical (unpaired) electrons. The summed E-state index contributed by atoms with van der Waals surface area (Å²) in [5.74, 6) is -1.13. The van der Waals surface area contributed by atoms with Gasteiger partial charge in [-0.2, -0.15) is 5.10 Å². The number of carboxylic acids is 1. The summed E-state index contributed by atoms with van der Waals surface area (Å²) in [7, 11) is 0. The van der Waals surface area contributed by atoms with E-state index in [4.69, 9.17) is 4.74 Å². The third kappa shape index (κ3) is 6.05. The second-order valence-corrected chi connectivity index (χ2v) is 8.07. The molecule has 172 valence electrons. The van der Waals surface area contributed by atoms with E-state index in [-0.39, 0.29) is 24.1 Å². The van der Waals surface area contributed by atoms with Crippen LogP contribution in [-0.4, -0.2) is 51.1 Å². The molecule has 0 spiro atoms. The van der Waals surface area contributed by atoms with Crippen molar-refractivity contribution in [2.24, 2.45) is 0 Å². The van der Waals surface area contributed by atoms with Gasteiger partial charge in [-0.25, -0.2) is 9.48 Å². The highest BCUT2D eigenvalue weighted by molar-refractivity contribution is 5.87. The maximum absolute atomic E-state index is 11.9. The van der Waals surface area contributed by atoms with Gasteiger partial charge in [0.1, 0.15) is 0 Å². The number of rotatable bonds is 10. The van der Waals surface area contributed by atoms with Crippen LogP contribution in [0.25, 0.3) is 5.69 Å². The molecule has 1 aliphatic rings.